The maximum atomic E-state index is 4.74. The smallest absolute Gasteiger partial charge is 0.103 e. The van der Waals surface area contributed by atoms with Crippen molar-refractivity contribution in [2.45, 2.75) is 36.2 Å². The monoisotopic (exact) mass is 295 g/mol. The van der Waals surface area contributed by atoms with Gasteiger partial charge in [-0.2, -0.15) is 12.6 Å². The minimum Gasteiger partial charge on any atom is -0.245 e. The van der Waals surface area contributed by atoms with Crippen molar-refractivity contribution in [3.8, 4) is 0 Å². The lowest BCUT2D eigenvalue weighted by molar-refractivity contribution is 0.819. The molecule has 0 aliphatic rings. The first-order valence-electron chi connectivity index (χ1n) is 5.98. The van der Waals surface area contributed by atoms with Crippen molar-refractivity contribution in [3.63, 3.8) is 0 Å². The Morgan fingerprint density at radius 2 is 2.00 bits per heavy atom. The van der Waals surface area contributed by atoms with Crippen LogP contribution in [0.5, 0.6) is 0 Å². The zero-order chi connectivity index (χ0) is 13.0. The molecule has 0 saturated heterocycles. The normalized spacial score (nSPS) is 11.1. The maximum absolute atomic E-state index is 4.74. The van der Waals surface area contributed by atoms with E-state index in [4.69, 9.17) is 4.98 Å². The topological polar surface area (TPSA) is 12.9 Å². The summed E-state index contributed by atoms with van der Waals surface area (Å²) in [5.41, 5.74) is 1.22. The zero-order valence-electron chi connectivity index (χ0n) is 10.6. The van der Waals surface area contributed by atoms with Crippen LogP contribution in [0, 0.1) is 0 Å². The van der Waals surface area contributed by atoms with Crippen LogP contribution in [0.1, 0.15) is 35.3 Å². The minimum absolute atomic E-state index is 0.485. The molecule has 96 valence electrons. The average Bonchev–Trinajstić information content (AvgIpc) is 2.81. The van der Waals surface area contributed by atoms with E-state index in [1.54, 1.807) is 11.3 Å². The predicted octanol–water partition coefficient (Wildman–Crippen LogP) is 4.99. The molecule has 4 heteroatoms. The van der Waals surface area contributed by atoms with Crippen molar-refractivity contribution in [3.05, 3.63) is 45.9 Å². The van der Waals surface area contributed by atoms with E-state index < -0.39 is 0 Å². The number of nitrogens with zero attached hydrogens (tertiary/aromatic N) is 1. The van der Waals surface area contributed by atoms with Crippen molar-refractivity contribution in [1.82, 2.24) is 4.98 Å². The summed E-state index contributed by atoms with van der Waals surface area (Å²) in [6.45, 7) is 4.38. The molecule has 0 bridgehead atoms. The van der Waals surface area contributed by atoms with Gasteiger partial charge in [-0.1, -0.05) is 32.0 Å². The van der Waals surface area contributed by atoms with Gasteiger partial charge in [-0.15, -0.1) is 23.1 Å². The van der Waals surface area contributed by atoms with Crippen LogP contribution in [0.3, 0.4) is 0 Å². The summed E-state index contributed by atoms with van der Waals surface area (Å²) in [6.07, 6.45) is 0. The Kier molecular flexibility index (Phi) is 5.15. The lowest BCUT2D eigenvalue weighted by atomic mass is 10.1. The molecule has 0 atom stereocenters. The van der Waals surface area contributed by atoms with Gasteiger partial charge in [-0.05, 0) is 18.1 Å². The molecule has 0 fully saturated rings. The fraction of sp³-hybridized carbons (Fsp3) is 0.357. The highest BCUT2D eigenvalue weighted by Gasteiger charge is 2.13. The molecule has 1 aromatic carbocycles. The van der Waals surface area contributed by atoms with Gasteiger partial charge in [0, 0.05) is 15.5 Å². The summed E-state index contributed by atoms with van der Waals surface area (Å²) in [7, 11) is 0. The van der Waals surface area contributed by atoms with Crippen LogP contribution >= 0.6 is 35.7 Å². The molecular formula is C14H17NS3. The van der Waals surface area contributed by atoms with E-state index in [-0.39, 0.29) is 0 Å². The first kappa shape index (κ1) is 14.0. The SMILES string of the molecule is CC(C)c1nc(CSc2ccccc2)sc1CS. The second kappa shape index (κ2) is 6.64. The summed E-state index contributed by atoms with van der Waals surface area (Å²) in [4.78, 5) is 7.36. The third kappa shape index (κ3) is 3.53. The number of thiol groups is 1. The highest BCUT2D eigenvalue weighted by Crippen LogP contribution is 2.30. The van der Waals surface area contributed by atoms with Gasteiger partial charge in [0.05, 0.1) is 11.4 Å². The van der Waals surface area contributed by atoms with Gasteiger partial charge in [0.2, 0.25) is 0 Å². The van der Waals surface area contributed by atoms with Gasteiger partial charge in [0.15, 0.2) is 0 Å². The van der Waals surface area contributed by atoms with Crippen molar-refractivity contribution in [1.29, 1.82) is 0 Å². The molecule has 0 aliphatic carbocycles. The number of hydrogen-bond acceptors (Lipinski definition) is 4. The van der Waals surface area contributed by atoms with Crippen LogP contribution in [0.4, 0.5) is 0 Å². The van der Waals surface area contributed by atoms with Gasteiger partial charge in [0.1, 0.15) is 5.01 Å². The van der Waals surface area contributed by atoms with Crippen molar-refractivity contribution in [2.75, 3.05) is 0 Å². The van der Waals surface area contributed by atoms with E-state index >= 15 is 0 Å². The highest BCUT2D eigenvalue weighted by atomic mass is 32.2. The maximum Gasteiger partial charge on any atom is 0.103 e. The molecular weight excluding hydrogens is 278 g/mol. The van der Waals surface area contributed by atoms with Crippen LogP contribution in [0.25, 0.3) is 0 Å². The van der Waals surface area contributed by atoms with E-state index in [1.807, 2.05) is 17.8 Å². The molecule has 0 unspecified atom stereocenters. The number of thioether (sulfide) groups is 1. The Balaban J connectivity index is 2.06. The Bertz CT molecular complexity index is 491. The Hall–Kier alpha value is -0.450. The molecule has 1 nitrogen and oxygen atoms in total. The Morgan fingerprint density at radius 3 is 2.56 bits per heavy atom. The fourth-order valence-corrected chi connectivity index (χ4v) is 4.05. The van der Waals surface area contributed by atoms with Crippen LogP contribution in [0.15, 0.2) is 35.2 Å². The van der Waals surface area contributed by atoms with Crippen molar-refractivity contribution >= 4 is 35.7 Å². The highest BCUT2D eigenvalue weighted by molar-refractivity contribution is 7.98. The third-order valence-electron chi connectivity index (χ3n) is 2.57. The molecule has 0 radical (unpaired) electrons. The van der Waals surface area contributed by atoms with Crippen LogP contribution in [-0.4, -0.2) is 4.98 Å². The second-order valence-electron chi connectivity index (χ2n) is 4.33. The van der Waals surface area contributed by atoms with E-state index in [1.165, 1.54) is 20.5 Å². The van der Waals surface area contributed by atoms with Gasteiger partial charge >= 0.3 is 0 Å². The summed E-state index contributed by atoms with van der Waals surface area (Å²) >= 11 is 8.03. The van der Waals surface area contributed by atoms with Gasteiger partial charge in [-0.25, -0.2) is 4.98 Å². The zero-order valence-corrected chi connectivity index (χ0v) is 13.1. The molecule has 2 rings (SSSR count). The Labute approximate surface area is 122 Å². The average molecular weight is 295 g/mol. The molecule has 0 N–H and O–H groups in total. The largest absolute Gasteiger partial charge is 0.245 e. The van der Waals surface area contributed by atoms with E-state index in [9.17, 15) is 0 Å². The molecule has 18 heavy (non-hydrogen) atoms. The predicted molar refractivity (Wildman–Crippen MR) is 84.9 cm³/mol. The lowest BCUT2D eigenvalue weighted by Gasteiger charge is -2.01. The van der Waals surface area contributed by atoms with E-state index in [2.05, 4.69) is 50.7 Å². The number of thiazole rings is 1. The summed E-state index contributed by atoms with van der Waals surface area (Å²) in [5, 5.41) is 1.21. The molecule has 1 aromatic heterocycles. The Morgan fingerprint density at radius 1 is 1.28 bits per heavy atom. The molecule has 0 spiro atoms. The van der Waals surface area contributed by atoms with Crippen LogP contribution < -0.4 is 0 Å². The van der Waals surface area contributed by atoms with Crippen molar-refractivity contribution < 1.29 is 0 Å². The summed E-state index contributed by atoms with van der Waals surface area (Å²) < 4.78 is 0. The van der Waals surface area contributed by atoms with Crippen LogP contribution in [-0.2, 0) is 11.5 Å². The van der Waals surface area contributed by atoms with E-state index in [0.29, 0.717) is 5.92 Å². The molecule has 0 amide bonds. The third-order valence-corrected chi connectivity index (χ3v) is 5.38. The first-order valence-corrected chi connectivity index (χ1v) is 8.41. The number of benzene rings is 1. The first-order chi connectivity index (χ1) is 8.70. The van der Waals surface area contributed by atoms with Crippen LogP contribution in [0.2, 0.25) is 0 Å². The quantitative estimate of drug-likeness (QED) is 0.616. The molecule has 1 heterocycles. The summed E-state index contributed by atoms with van der Waals surface area (Å²) in [6, 6.07) is 10.5. The van der Waals surface area contributed by atoms with Gasteiger partial charge in [-0.3, -0.25) is 0 Å². The van der Waals surface area contributed by atoms with E-state index in [0.717, 1.165) is 11.5 Å². The molecule has 2 aromatic rings. The van der Waals surface area contributed by atoms with Gasteiger partial charge < -0.3 is 0 Å². The number of aromatic nitrogens is 1. The van der Waals surface area contributed by atoms with Gasteiger partial charge in [0.25, 0.3) is 0 Å². The number of hydrogen-bond donors (Lipinski definition) is 1. The van der Waals surface area contributed by atoms with Crippen molar-refractivity contribution in [2.24, 2.45) is 0 Å². The second-order valence-corrected chi connectivity index (χ2v) is 6.86. The molecule has 0 saturated carbocycles. The lowest BCUT2D eigenvalue weighted by Crippen LogP contribution is -1.91. The standard InChI is InChI=1S/C14H17NS3/c1-10(2)14-12(8-16)18-13(15-14)9-17-11-6-4-3-5-7-11/h3-7,10,16H,8-9H2,1-2H3. The summed E-state index contributed by atoms with van der Waals surface area (Å²) in [5.74, 6) is 2.22. The number of rotatable bonds is 5. The minimum atomic E-state index is 0.485. The fourth-order valence-electron chi connectivity index (χ4n) is 1.70. The molecule has 0 aliphatic heterocycles.